The van der Waals surface area contributed by atoms with Crippen molar-refractivity contribution in [2.75, 3.05) is 18.8 Å². The number of halogens is 1. The summed E-state index contributed by atoms with van der Waals surface area (Å²) in [5.74, 6) is -0.352. The van der Waals surface area contributed by atoms with Gasteiger partial charge in [0.2, 0.25) is 5.91 Å². The Morgan fingerprint density at radius 3 is 1.94 bits per heavy atom. The number of fused-ring (bicyclic) bond motifs is 1. The highest BCUT2D eigenvalue weighted by Gasteiger charge is 2.40. The Bertz CT molecular complexity index is 2140. The molecule has 1 aliphatic heterocycles. The SMILES string of the molecule is Cc1ncn(C(c2ccccc2)(c2ccccc2)c2ccccc2)c1CNC1CCN(C(=O)CCS(=O)(=O)c2ccc3cc(Cl)ccc3c2)CC1. The van der Waals surface area contributed by atoms with Crippen LogP contribution in [0.15, 0.2) is 139 Å². The molecule has 0 atom stereocenters. The van der Waals surface area contributed by atoms with Crippen LogP contribution >= 0.6 is 11.6 Å². The van der Waals surface area contributed by atoms with E-state index in [2.05, 4.69) is 89.6 Å². The largest absolute Gasteiger partial charge is 0.343 e. The Morgan fingerprint density at radius 2 is 1.35 bits per heavy atom. The number of aryl methyl sites for hydroxylation is 1. The number of carbonyl (C=O) groups excluding carboxylic acids is 1. The average Bonchev–Trinajstić information content (AvgIpc) is 3.54. The van der Waals surface area contributed by atoms with Crippen molar-refractivity contribution in [1.82, 2.24) is 19.8 Å². The number of nitrogens with zero attached hydrogens (tertiary/aromatic N) is 3. The van der Waals surface area contributed by atoms with Crippen LogP contribution in [0.5, 0.6) is 0 Å². The second kappa shape index (κ2) is 14.8. The summed E-state index contributed by atoms with van der Waals surface area (Å²) in [4.78, 5) is 20.1. The Labute approximate surface area is 304 Å². The van der Waals surface area contributed by atoms with Crippen molar-refractivity contribution in [3.05, 3.63) is 167 Å². The standard InChI is InChI=1S/C42H41ClN4O3S/c1-31-40(47(30-45-31)42(34-11-5-2-6-12-34,35-13-7-3-8-14-35)36-15-9-4-10-16-36)29-44-38-21-24-46(25-22-38)41(48)23-26-51(49,50)39-20-18-32-27-37(43)19-17-33(32)28-39/h2-20,27-28,30,38,44H,21-26,29H2,1H3. The summed E-state index contributed by atoms with van der Waals surface area (Å²) in [6, 6.07) is 42.3. The summed E-state index contributed by atoms with van der Waals surface area (Å²) in [7, 11) is -3.62. The molecule has 6 aromatic rings. The van der Waals surface area contributed by atoms with Gasteiger partial charge in [-0.1, -0.05) is 115 Å². The van der Waals surface area contributed by atoms with E-state index in [4.69, 9.17) is 16.6 Å². The first-order valence-electron chi connectivity index (χ1n) is 17.4. The van der Waals surface area contributed by atoms with Crippen LogP contribution in [0.4, 0.5) is 0 Å². The van der Waals surface area contributed by atoms with Gasteiger partial charge < -0.3 is 14.8 Å². The molecule has 0 bridgehead atoms. The van der Waals surface area contributed by atoms with Crippen LogP contribution in [0.2, 0.25) is 5.02 Å². The summed E-state index contributed by atoms with van der Waals surface area (Å²) >= 11 is 6.08. The Morgan fingerprint density at radius 1 is 0.804 bits per heavy atom. The lowest BCUT2D eigenvalue weighted by Crippen LogP contribution is -2.45. The second-order valence-electron chi connectivity index (χ2n) is 13.2. The fraction of sp³-hybridized carbons (Fsp3) is 0.238. The topological polar surface area (TPSA) is 84.3 Å². The minimum absolute atomic E-state index is 0.0436. The lowest BCUT2D eigenvalue weighted by molar-refractivity contribution is -0.131. The molecule has 9 heteroatoms. The zero-order valence-corrected chi connectivity index (χ0v) is 30.2. The fourth-order valence-corrected chi connectivity index (χ4v) is 8.82. The molecule has 1 amide bonds. The molecule has 7 nitrogen and oxygen atoms in total. The van der Waals surface area contributed by atoms with Crippen LogP contribution in [-0.4, -0.2) is 53.7 Å². The summed E-state index contributed by atoms with van der Waals surface area (Å²) < 4.78 is 28.6. The molecule has 0 unspecified atom stereocenters. The molecule has 5 aromatic carbocycles. The Hall–Kier alpha value is -4.76. The maximum atomic E-state index is 13.2. The van der Waals surface area contributed by atoms with Gasteiger partial charge in [-0.15, -0.1) is 0 Å². The van der Waals surface area contributed by atoms with Gasteiger partial charge in [-0.2, -0.15) is 0 Å². The van der Waals surface area contributed by atoms with Gasteiger partial charge in [-0.05, 0) is 71.5 Å². The van der Waals surface area contributed by atoms with Crippen LogP contribution in [0.3, 0.4) is 0 Å². The molecule has 0 aliphatic carbocycles. The molecule has 0 radical (unpaired) electrons. The maximum Gasteiger partial charge on any atom is 0.223 e. The Balaban J connectivity index is 1.04. The van der Waals surface area contributed by atoms with E-state index in [0.29, 0.717) is 24.7 Å². The number of rotatable bonds is 11. The van der Waals surface area contributed by atoms with E-state index in [1.807, 2.05) is 24.5 Å². The van der Waals surface area contributed by atoms with Gasteiger partial charge in [0.05, 0.1) is 28.4 Å². The predicted octanol–water partition coefficient (Wildman–Crippen LogP) is 7.78. The first-order chi connectivity index (χ1) is 24.8. The third-order valence-electron chi connectivity index (χ3n) is 10.1. The number of hydrogen-bond donors (Lipinski definition) is 1. The molecule has 2 heterocycles. The summed E-state index contributed by atoms with van der Waals surface area (Å²) in [5, 5.41) is 6.05. The van der Waals surface area contributed by atoms with Crippen LogP contribution < -0.4 is 5.32 Å². The molecule has 0 spiro atoms. The normalized spacial score (nSPS) is 14.2. The van der Waals surface area contributed by atoms with Crippen LogP contribution in [-0.2, 0) is 26.7 Å². The highest BCUT2D eigenvalue weighted by atomic mass is 35.5. The number of amides is 1. The molecule has 51 heavy (non-hydrogen) atoms. The molecule has 1 aliphatic rings. The van der Waals surface area contributed by atoms with Crippen LogP contribution in [0.25, 0.3) is 10.8 Å². The molecule has 0 saturated carbocycles. The molecular formula is C42H41ClN4O3S. The van der Waals surface area contributed by atoms with Crippen molar-refractivity contribution in [2.24, 2.45) is 0 Å². The predicted molar refractivity (Wildman–Crippen MR) is 204 cm³/mol. The van der Waals surface area contributed by atoms with E-state index in [1.165, 1.54) is 0 Å². The number of imidazole rings is 1. The van der Waals surface area contributed by atoms with Gasteiger partial charge in [0, 0.05) is 37.1 Å². The monoisotopic (exact) mass is 716 g/mol. The quantitative estimate of drug-likeness (QED) is 0.139. The van der Waals surface area contributed by atoms with Crippen molar-refractivity contribution in [3.8, 4) is 0 Å². The number of nitrogens with one attached hydrogen (secondary N) is 1. The lowest BCUT2D eigenvalue weighted by Gasteiger charge is -2.39. The highest BCUT2D eigenvalue weighted by Crippen LogP contribution is 2.42. The molecule has 1 saturated heterocycles. The molecule has 1 aromatic heterocycles. The van der Waals surface area contributed by atoms with Gasteiger partial charge in [-0.3, -0.25) is 4.79 Å². The summed E-state index contributed by atoms with van der Waals surface area (Å²) in [5.41, 5.74) is 4.81. The number of aromatic nitrogens is 2. The van der Waals surface area contributed by atoms with Crippen molar-refractivity contribution in [2.45, 2.75) is 49.2 Å². The lowest BCUT2D eigenvalue weighted by atomic mass is 9.76. The van der Waals surface area contributed by atoms with E-state index in [0.717, 1.165) is 51.7 Å². The summed E-state index contributed by atoms with van der Waals surface area (Å²) in [6.07, 6.45) is 3.47. The van der Waals surface area contributed by atoms with E-state index in [-0.39, 0.29) is 29.0 Å². The average molecular weight is 717 g/mol. The van der Waals surface area contributed by atoms with E-state index in [1.54, 1.807) is 41.3 Å². The number of likely N-dealkylation sites (tertiary alicyclic amines) is 1. The Kier molecular flexibility index (Phi) is 10.1. The number of sulfone groups is 1. The number of piperidine rings is 1. The van der Waals surface area contributed by atoms with Crippen molar-refractivity contribution in [3.63, 3.8) is 0 Å². The van der Waals surface area contributed by atoms with Crippen molar-refractivity contribution < 1.29 is 13.2 Å². The smallest absolute Gasteiger partial charge is 0.223 e. The number of benzene rings is 5. The molecule has 7 rings (SSSR count). The number of hydrogen-bond acceptors (Lipinski definition) is 5. The summed E-state index contributed by atoms with van der Waals surface area (Å²) in [6.45, 7) is 3.82. The van der Waals surface area contributed by atoms with Gasteiger partial charge in [0.15, 0.2) is 9.84 Å². The maximum absolute atomic E-state index is 13.2. The molecule has 1 N–H and O–H groups in total. The van der Waals surface area contributed by atoms with E-state index < -0.39 is 15.4 Å². The van der Waals surface area contributed by atoms with Crippen LogP contribution in [0.1, 0.15) is 47.3 Å². The number of carbonyl (C=O) groups is 1. The van der Waals surface area contributed by atoms with Gasteiger partial charge in [0.1, 0.15) is 5.54 Å². The van der Waals surface area contributed by atoms with Crippen molar-refractivity contribution in [1.29, 1.82) is 0 Å². The molecule has 1 fully saturated rings. The fourth-order valence-electron chi connectivity index (χ4n) is 7.38. The first-order valence-corrected chi connectivity index (χ1v) is 19.4. The zero-order valence-electron chi connectivity index (χ0n) is 28.6. The first kappa shape index (κ1) is 34.7. The van der Waals surface area contributed by atoms with Gasteiger partial charge in [0.25, 0.3) is 0 Å². The van der Waals surface area contributed by atoms with Crippen molar-refractivity contribution >= 4 is 38.1 Å². The second-order valence-corrected chi connectivity index (χ2v) is 15.8. The molecule has 260 valence electrons. The third kappa shape index (κ3) is 7.09. The van der Waals surface area contributed by atoms with E-state index >= 15 is 0 Å². The van der Waals surface area contributed by atoms with Crippen LogP contribution in [0, 0.1) is 6.92 Å². The molecular weight excluding hydrogens is 676 g/mol. The van der Waals surface area contributed by atoms with Gasteiger partial charge in [-0.25, -0.2) is 13.4 Å². The minimum Gasteiger partial charge on any atom is -0.343 e. The third-order valence-corrected chi connectivity index (χ3v) is 12.1. The zero-order chi connectivity index (χ0) is 35.4. The van der Waals surface area contributed by atoms with E-state index in [9.17, 15) is 13.2 Å². The highest BCUT2D eigenvalue weighted by molar-refractivity contribution is 7.91. The minimum atomic E-state index is -3.62. The van der Waals surface area contributed by atoms with Gasteiger partial charge >= 0.3 is 0 Å².